The van der Waals surface area contributed by atoms with Crippen molar-refractivity contribution in [3.8, 4) is 0 Å². The number of benzene rings is 1. The van der Waals surface area contributed by atoms with E-state index in [0.29, 0.717) is 0 Å². The van der Waals surface area contributed by atoms with E-state index >= 15 is 0 Å². The number of nitrogens with one attached hydrogen (secondary N) is 1. The fourth-order valence-electron chi connectivity index (χ4n) is 1.50. The Morgan fingerprint density at radius 3 is 2.74 bits per heavy atom. The molecule has 1 aromatic carbocycles. The number of hydrogen-bond acceptors (Lipinski definition) is 4. The van der Waals surface area contributed by atoms with E-state index in [1.807, 2.05) is 0 Å². The van der Waals surface area contributed by atoms with Gasteiger partial charge in [0.1, 0.15) is 11.6 Å². The van der Waals surface area contributed by atoms with Gasteiger partial charge in [0, 0.05) is 0 Å². The van der Waals surface area contributed by atoms with Crippen LogP contribution in [0.5, 0.6) is 0 Å². The number of rotatable bonds is 3. The smallest absolute Gasteiger partial charge is 0.418 e. The summed E-state index contributed by atoms with van der Waals surface area (Å²) in [5.41, 5.74) is 3.80. The highest BCUT2D eigenvalue weighted by atomic mass is 19.4. The SMILES string of the molecule is C[C@H](Nc1nc2c(C(F)(F)F)cccc2o1)C(N)=O. The third kappa shape index (κ3) is 2.61. The number of alkyl halides is 3. The predicted molar refractivity (Wildman–Crippen MR) is 61.3 cm³/mol. The van der Waals surface area contributed by atoms with Crippen molar-refractivity contribution in [2.24, 2.45) is 5.73 Å². The fourth-order valence-corrected chi connectivity index (χ4v) is 1.50. The van der Waals surface area contributed by atoms with Crippen molar-refractivity contribution in [3.63, 3.8) is 0 Å². The first-order chi connectivity index (χ1) is 8.79. The van der Waals surface area contributed by atoms with Crippen LogP contribution >= 0.6 is 0 Å². The van der Waals surface area contributed by atoms with Crippen LogP contribution in [0, 0.1) is 0 Å². The van der Waals surface area contributed by atoms with Gasteiger partial charge in [-0.2, -0.15) is 18.2 Å². The first-order valence-corrected chi connectivity index (χ1v) is 5.31. The van der Waals surface area contributed by atoms with E-state index < -0.39 is 23.7 Å². The zero-order valence-electron chi connectivity index (χ0n) is 9.78. The standard InChI is InChI=1S/C11H10F3N3O2/c1-5(9(15)18)16-10-17-8-6(11(12,13)14)3-2-4-7(8)19-10/h2-5H,1H3,(H2,15,18)(H,16,17)/t5-/m0/s1. The highest BCUT2D eigenvalue weighted by molar-refractivity contribution is 5.83. The van der Waals surface area contributed by atoms with E-state index in [1.165, 1.54) is 19.1 Å². The van der Waals surface area contributed by atoms with E-state index in [2.05, 4.69) is 10.3 Å². The number of carbonyl (C=O) groups excluding carboxylic acids is 1. The Morgan fingerprint density at radius 2 is 2.16 bits per heavy atom. The molecule has 0 unspecified atom stereocenters. The van der Waals surface area contributed by atoms with Gasteiger partial charge >= 0.3 is 6.18 Å². The number of hydrogen-bond donors (Lipinski definition) is 2. The third-order valence-corrected chi connectivity index (χ3v) is 2.49. The maximum atomic E-state index is 12.7. The lowest BCUT2D eigenvalue weighted by Gasteiger charge is -2.06. The average Bonchev–Trinajstić information content (AvgIpc) is 2.68. The predicted octanol–water partition coefficient (Wildman–Crippen LogP) is 2.13. The molecule has 1 heterocycles. The van der Waals surface area contributed by atoms with Gasteiger partial charge in [-0.05, 0) is 19.1 Å². The first kappa shape index (κ1) is 13.2. The van der Waals surface area contributed by atoms with E-state index in [4.69, 9.17) is 10.2 Å². The molecule has 0 bridgehead atoms. The lowest BCUT2D eigenvalue weighted by atomic mass is 10.2. The van der Waals surface area contributed by atoms with E-state index in [9.17, 15) is 18.0 Å². The largest absolute Gasteiger partial charge is 0.424 e. The second-order valence-corrected chi connectivity index (χ2v) is 3.94. The zero-order chi connectivity index (χ0) is 14.2. The number of primary amides is 1. The fraction of sp³-hybridized carbons (Fsp3) is 0.273. The minimum absolute atomic E-state index is 0.0194. The van der Waals surface area contributed by atoms with Gasteiger partial charge < -0.3 is 15.5 Å². The number of fused-ring (bicyclic) bond motifs is 1. The summed E-state index contributed by atoms with van der Waals surface area (Å²) in [7, 11) is 0. The van der Waals surface area contributed by atoms with Crippen molar-refractivity contribution in [1.29, 1.82) is 0 Å². The Balaban J connectivity index is 2.43. The van der Waals surface area contributed by atoms with Gasteiger partial charge in [0.25, 0.3) is 6.01 Å². The Hall–Kier alpha value is -2.25. The number of carbonyl (C=O) groups is 1. The molecule has 0 spiro atoms. The summed E-state index contributed by atoms with van der Waals surface area (Å²) in [6, 6.07) is 2.50. The summed E-state index contributed by atoms with van der Waals surface area (Å²) >= 11 is 0. The van der Waals surface area contributed by atoms with Gasteiger partial charge in [-0.3, -0.25) is 4.79 Å². The molecular formula is C11H10F3N3O2. The Kier molecular flexibility index (Phi) is 3.09. The molecule has 0 saturated carbocycles. The molecule has 0 aliphatic carbocycles. The molecule has 0 saturated heterocycles. The van der Waals surface area contributed by atoms with Gasteiger partial charge in [0.05, 0.1) is 5.56 Å². The lowest BCUT2D eigenvalue weighted by Crippen LogP contribution is -2.32. The van der Waals surface area contributed by atoms with Crippen molar-refractivity contribution in [2.45, 2.75) is 19.1 Å². The number of halogens is 3. The zero-order valence-corrected chi connectivity index (χ0v) is 9.78. The Morgan fingerprint density at radius 1 is 1.47 bits per heavy atom. The Bertz CT molecular complexity index is 621. The molecule has 1 aromatic heterocycles. The van der Waals surface area contributed by atoms with Crippen LogP contribution in [0.1, 0.15) is 12.5 Å². The molecule has 102 valence electrons. The number of nitrogens with zero attached hydrogens (tertiary/aromatic N) is 1. The monoisotopic (exact) mass is 273 g/mol. The van der Waals surface area contributed by atoms with E-state index in [-0.39, 0.29) is 17.1 Å². The highest BCUT2D eigenvalue weighted by Crippen LogP contribution is 2.35. The summed E-state index contributed by atoms with van der Waals surface area (Å²) in [6.07, 6.45) is -4.52. The van der Waals surface area contributed by atoms with Gasteiger partial charge in [0.15, 0.2) is 5.58 Å². The molecule has 2 rings (SSSR count). The maximum Gasteiger partial charge on any atom is 0.418 e. The van der Waals surface area contributed by atoms with Gasteiger partial charge in [-0.15, -0.1) is 0 Å². The van der Waals surface area contributed by atoms with Gasteiger partial charge in [0.2, 0.25) is 5.91 Å². The molecule has 0 radical (unpaired) electrons. The second kappa shape index (κ2) is 4.45. The number of aromatic nitrogens is 1. The van der Waals surface area contributed by atoms with E-state index in [0.717, 1.165) is 6.07 Å². The summed E-state index contributed by atoms with van der Waals surface area (Å²) < 4.78 is 43.3. The Labute approximate surface area is 105 Å². The molecule has 3 N–H and O–H groups in total. The summed E-state index contributed by atoms with van der Waals surface area (Å²) in [6.45, 7) is 1.45. The molecular weight excluding hydrogens is 263 g/mol. The average molecular weight is 273 g/mol. The molecule has 8 heteroatoms. The number of para-hydroxylation sites is 1. The van der Waals surface area contributed by atoms with Crippen LogP contribution in [0.15, 0.2) is 22.6 Å². The van der Waals surface area contributed by atoms with Crippen molar-refractivity contribution in [3.05, 3.63) is 23.8 Å². The first-order valence-electron chi connectivity index (χ1n) is 5.31. The number of nitrogens with two attached hydrogens (primary N) is 1. The molecule has 0 aliphatic heterocycles. The molecule has 0 aliphatic rings. The number of oxazole rings is 1. The summed E-state index contributed by atoms with van der Waals surface area (Å²) in [4.78, 5) is 14.6. The highest BCUT2D eigenvalue weighted by Gasteiger charge is 2.34. The number of amides is 1. The maximum absolute atomic E-state index is 12.7. The van der Waals surface area contributed by atoms with Crippen LogP contribution in [0.2, 0.25) is 0 Å². The lowest BCUT2D eigenvalue weighted by molar-refractivity contribution is -0.136. The van der Waals surface area contributed by atoms with Gasteiger partial charge in [-0.25, -0.2) is 0 Å². The topological polar surface area (TPSA) is 81.2 Å². The van der Waals surface area contributed by atoms with Crippen molar-refractivity contribution in [2.75, 3.05) is 5.32 Å². The number of anilines is 1. The minimum Gasteiger partial charge on any atom is -0.424 e. The third-order valence-electron chi connectivity index (χ3n) is 2.49. The van der Waals surface area contributed by atoms with Crippen LogP contribution in [-0.4, -0.2) is 16.9 Å². The van der Waals surface area contributed by atoms with Crippen LogP contribution in [0.4, 0.5) is 19.2 Å². The van der Waals surface area contributed by atoms with Crippen molar-refractivity contribution >= 4 is 23.0 Å². The van der Waals surface area contributed by atoms with Crippen molar-refractivity contribution < 1.29 is 22.4 Å². The molecule has 1 atom stereocenters. The van der Waals surface area contributed by atoms with Crippen LogP contribution < -0.4 is 11.1 Å². The summed E-state index contributed by atoms with van der Waals surface area (Å²) in [5, 5.41) is 2.49. The van der Waals surface area contributed by atoms with Crippen LogP contribution in [0.25, 0.3) is 11.1 Å². The van der Waals surface area contributed by atoms with Crippen LogP contribution in [-0.2, 0) is 11.0 Å². The molecule has 19 heavy (non-hydrogen) atoms. The van der Waals surface area contributed by atoms with Gasteiger partial charge in [-0.1, -0.05) is 6.07 Å². The van der Waals surface area contributed by atoms with Crippen LogP contribution in [0.3, 0.4) is 0 Å². The molecule has 2 aromatic rings. The minimum atomic E-state index is -4.52. The quantitative estimate of drug-likeness (QED) is 0.897. The molecule has 1 amide bonds. The summed E-state index contributed by atoms with van der Waals surface area (Å²) in [5.74, 6) is -0.668. The van der Waals surface area contributed by atoms with Crippen molar-refractivity contribution in [1.82, 2.24) is 4.98 Å². The molecule has 0 fully saturated rings. The second-order valence-electron chi connectivity index (χ2n) is 3.94. The van der Waals surface area contributed by atoms with E-state index in [1.54, 1.807) is 0 Å². The molecule has 5 nitrogen and oxygen atoms in total. The normalized spacial score (nSPS) is 13.5.